The van der Waals surface area contributed by atoms with Gasteiger partial charge >= 0.3 is 0 Å². The Bertz CT molecular complexity index is 806. The number of ether oxygens (including phenoxy) is 1. The molecule has 0 aliphatic carbocycles. The monoisotopic (exact) mass is 333 g/mol. The molecule has 0 aliphatic heterocycles. The molecular formula is C15H12FN3O5. The number of phenols is 1. The fourth-order valence-corrected chi connectivity index (χ4v) is 1.80. The van der Waals surface area contributed by atoms with Crippen LogP contribution >= 0.6 is 0 Å². The molecule has 0 radical (unpaired) electrons. The number of phenolic OH excluding ortho intramolecular Hbond substituents is 1. The molecule has 0 aliphatic rings. The molecule has 24 heavy (non-hydrogen) atoms. The topological polar surface area (TPSA) is 114 Å². The number of non-ortho nitro benzene ring substituents is 1. The van der Waals surface area contributed by atoms with E-state index < -0.39 is 16.6 Å². The zero-order valence-electron chi connectivity index (χ0n) is 12.4. The highest BCUT2D eigenvalue weighted by atomic mass is 19.1. The molecule has 1 amide bonds. The number of nitro benzene ring substituents is 1. The third-order valence-electron chi connectivity index (χ3n) is 3.00. The predicted molar refractivity (Wildman–Crippen MR) is 82.8 cm³/mol. The van der Waals surface area contributed by atoms with E-state index in [1.165, 1.54) is 19.2 Å². The average Bonchev–Trinajstić information content (AvgIpc) is 2.56. The molecule has 124 valence electrons. The Morgan fingerprint density at radius 3 is 2.62 bits per heavy atom. The number of nitrogens with one attached hydrogen (secondary N) is 1. The van der Waals surface area contributed by atoms with E-state index in [2.05, 4.69) is 10.5 Å². The minimum Gasteiger partial charge on any atom is -0.504 e. The van der Waals surface area contributed by atoms with Gasteiger partial charge in [0, 0.05) is 17.2 Å². The van der Waals surface area contributed by atoms with Crippen molar-refractivity contribution in [3.8, 4) is 11.5 Å². The lowest BCUT2D eigenvalue weighted by Gasteiger charge is -2.06. The first-order chi connectivity index (χ1) is 11.4. The zero-order chi connectivity index (χ0) is 17.7. The van der Waals surface area contributed by atoms with Crippen molar-refractivity contribution in [1.82, 2.24) is 5.43 Å². The molecule has 9 heteroatoms. The second-order valence-corrected chi connectivity index (χ2v) is 4.55. The van der Waals surface area contributed by atoms with Gasteiger partial charge in [0.15, 0.2) is 11.5 Å². The third kappa shape index (κ3) is 3.83. The number of hydrogen-bond acceptors (Lipinski definition) is 6. The number of hydrazone groups is 1. The lowest BCUT2D eigenvalue weighted by atomic mass is 10.1. The smallest absolute Gasteiger partial charge is 0.274 e. The number of methoxy groups -OCH3 is 1. The predicted octanol–water partition coefficient (Wildman–Crippen LogP) is 2.21. The molecule has 2 N–H and O–H groups in total. The van der Waals surface area contributed by atoms with Crippen molar-refractivity contribution in [2.24, 2.45) is 5.10 Å². The molecule has 8 nitrogen and oxygen atoms in total. The number of rotatable bonds is 5. The Labute approximate surface area is 135 Å². The fraction of sp³-hybridized carbons (Fsp3) is 0.0667. The first-order valence-corrected chi connectivity index (χ1v) is 6.56. The summed E-state index contributed by atoms with van der Waals surface area (Å²) in [6.07, 6.45) is 1.03. The summed E-state index contributed by atoms with van der Waals surface area (Å²) in [5, 5.41) is 24.4. The maximum absolute atomic E-state index is 12.8. The van der Waals surface area contributed by atoms with Crippen LogP contribution < -0.4 is 10.2 Å². The molecule has 0 fully saturated rings. The van der Waals surface area contributed by atoms with Crippen LogP contribution in [-0.2, 0) is 0 Å². The van der Waals surface area contributed by atoms with Crippen molar-refractivity contribution in [2.45, 2.75) is 0 Å². The average molecular weight is 333 g/mol. The van der Waals surface area contributed by atoms with Crippen molar-refractivity contribution in [1.29, 1.82) is 0 Å². The molecule has 0 spiro atoms. The van der Waals surface area contributed by atoms with Gasteiger partial charge in [0.2, 0.25) is 0 Å². The van der Waals surface area contributed by atoms with Crippen molar-refractivity contribution in [2.75, 3.05) is 7.11 Å². The van der Waals surface area contributed by atoms with Crippen LogP contribution in [-0.4, -0.2) is 29.3 Å². The van der Waals surface area contributed by atoms with E-state index in [1.807, 2.05) is 0 Å². The summed E-state index contributed by atoms with van der Waals surface area (Å²) in [5.74, 6) is -1.55. The lowest BCUT2D eigenvalue weighted by Crippen LogP contribution is -2.17. The van der Waals surface area contributed by atoms with E-state index in [9.17, 15) is 24.4 Å². The van der Waals surface area contributed by atoms with Crippen LogP contribution in [0.2, 0.25) is 0 Å². The molecule has 0 saturated heterocycles. The minimum atomic E-state index is -0.656. The van der Waals surface area contributed by atoms with Crippen LogP contribution in [0, 0.1) is 15.9 Å². The number of halogens is 1. The van der Waals surface area contributed by atoms with Gasteiger partial charge in [-0.25, -0.2) is 9.82 Å². The van der Waals surface area contributed by atoms with Gasteiger partial charge < -0.3 is 9.84 Å². The summed E-state index contributed by atoms with van der Waals surface area (Å²) < 4.78 is 17.6. The largest absolute Gasteiger partial charge is 0.504 e. The van der Waals surface area contributed by atoms with Gasteiger partial charge in [-0.3, -0.25) is 14.9 Å². The summed E-state index contributed by atoms with van der Waals surface area (Å²) >= 11 is 0. The Morgan fingerprint density at radius 1 is 1.38 bits per heavy atom. The summed E-state index contributed by atoms with van der Waals surface area (Å²) in [6, 6.07) is 6.92. The molecule has 0 saturated carbocycles. The number of aromatic hydroxyl groups is 1. The summed E-state index contributed by atoms with van der Waals surface area (Å²) in [6.45, 7) is 0. The van der Waals surface area contributed by atoms with Crippen molar-refractivity contribution in [3.63, 3.8) is 0 Å². The molecular weight excluding hydrogens is 321 g/mol. The van der Waals surface area contributed by atoms with Gasteiger partial charge in [-0.1, -0.05) is 0 Å². The molecule has 0 aromatic heterocycles. The summed E-state index contributed by atoms with van der Waals surface area (Å²) in [4.78, 5) is 22.0. The Morgan fingerprint density at radius 2 is 2.04 bits per heavy atom. The molecule has 2 rings (SSSR count). The fourth-order valence-electron chi connectivity index (χ4n) is 1.80. The number of hydrogen-bond donors (Lipinski definition) is 2. The minimum absolute atomic E-state index is 0.0135. The second kappa shape index (κ2) is 7.18. The standard InChI is InChI=1S/C15H12FN3O5/c1-24-13-7-12(19(22)23)6-10(14(13)20)8-17-18-15(21)9-2-4-11(16)5-3-9/h2-8,20H,1H3,(H,18,21)/b17-8-. The number of benzene rings is 2. The Kier molecular flexibility index (Phi) is 5.05. The van der Waals surface area contributed by atoms with Gasteiger partial charge in [-0.05, 0) is 24.3 Å². The van der Waals surface area contributed by atoms with Crippen LogP contribution in [0.4, 0.5) is 10.1 Å². The zero-order valence-corrected chi connectivity index (χ0v) is 12.4. The second-order valence-electron chi connectivity index (χ2n) is 4.55. The number of carbonyl (C=O) groups excluding carboxylic acids is 1. The SMILES string of the molecule is COc1cc([N+](=O)[O-])cc(/C=N\NC(=O)c2ccc(F)cc2)c1O. The van der Waals surface area contributed by atoms with E-state index in [1.54, 1.807) is 0 Å². The van der Waals surface area contributed by atoms with Gasteiger partial charge in [-0.2, -0.15) is 5.10 Å². The Balaban J connectivity index is 2.19. The van der Waals surface area contributed by atoms with Crippen LogP contribution in [0.15, 0.2) is 41.5 Å². The van der Waals surface area contributed by atoms with E-state index in [0.717, 1.165) is 30.5 Å². The van der Waals surface area contributed by atoms with Gasteiger partial charge in [0.05, 0.1) is 24.3 Å². The van der Waals surface area contributed by atoms with Crippen LogP contribution in [0.5, 0.6) is 11.5 Å². The lowest BCUT2D eigenvalue weighted by molar-refractivity contribution is -0.385. The van der Waals surface area contributed by atoms with E-state index >= 15 is 0 Å². The molecule has 2 aromatic carbocycles. The molecule has 0 bridgehead atoms. The van der Waals surface area contributed by atoms with Crippen molar-refractivity contribution in [3.05, 3.63) is 63.5 Å². The highest BCUT2D eigenvalue weighted by molar-refractivity contribution is 5.95. The van der Waals surface area contributed by atoms with Crippen molar-refractivity contribution < 1.29 is 24.0 Å². The van der Waals surface area contributed by atoms with Crippen molar-refractivity contribution >= 4 is 17.8 Å². The first kappa shape index (κ1) is 16.9. The quantitative estimate of drug-likeness (QED) is 0.495. The van der Waals surface area contributed by atoms with E-state index in [4.69, 9.17) is 4.74 Å². The summed E-state index contributed by atoms with van der Waals surface area (Å²) in [5.41, 5.74) is 2.02. The third-order valence-corrected chi connectivity index (χ3v) is 3.00. The first-order valence-electron chi connectivity index (χ1n) is 6.56. The highest BCUT2D eigenvalue weighted by Gasteiger charge is 2.15. The van der Waals surface area contributed by atoms with Crippen LogP contribution in [0.25, 0.3) is 0 Å². The maximum Gasteiger partial charge on any atom is 0.274 e. The normalized spacial score (nSPS) is 10.6. The van der Waals surface area contributed by atoms with Crippen LogP contribution in [0.1, 0.15) is 15.9 Å². The van der Waals surface area contributed by atoms with Gasteiger partial charge in [0.1, 0.15) is 5.82 Å². The van der Waals surface area contributed by atoms with Crippen LogP contribution in [0.3, 0.4) is 0 Å². The molecule has 0 heterocycles. The number of nitro groups is 1. The molecule has 2 aromatic rings. The number of nitrogens with zero attached hydrogens (tertiary/aromatic N) is 2. The number of amides is 1. The van der Waals surface area contributed by atoms with Gasteiger partial charge in [0.25, 0.3) is 11.6 Å². The van der Waals surface area contributed by atoms with Gasteiger partial charge in [-0.15, -0.1) is 0 Å². The summed E-state index contributed by atoms with van der Waals surface area (Å²) in [7, 11) is 1.25. The van der Waals surface area contributed by atoms with E-state index in [0.29, 0.717) is 0 Å². The molecule has 0 unspecified atom stereocenters. The molecule has 0 atom stereocenters. The Hall–Kier alpha value is -3.49. The van der Waals surface area contributed by atoms with E-state index in [-0.39, 0.29) is 28.3 Å². The highest BCUT2D eigenvalue weighted by Crippen LogP contribution is 2.33. The number of carbonyl (C=O) groups is 1. The maximum atomic E-state index is 12.8.